The normalized spacial score (nSPS) is 18.3. The van der Waals surface area contributed by atoms with Crippen molar-refractivity contribution < 1.29 is 9.53 Å². The second kappa shape index (κ2) is 5.37. The third-order valence-electron chi connectivity index (χ3n) is 4.07. The first-order valence-electron chi connectivity index (χ1n) is 7.47. The number of ether oxygens (including phenoxy) is 1. The zero-order chi connectivity index (χ0) is 15.7. The first-order chi connectivity index (χ1) is 10.5. The minimum atomic E-state index is -0.556. The fraction of sp³-hybridized carbons (Fsp3) is 0.278. The number of carbonyl (C=O) groups is 1. The molecule has 0 bridgehead atoms. The highest BCUT2D eigenvalue weighted by molar-refractivity contribution is 5.96. The van der Waals surface area contributed by atoms with Crippen molar-refractivity contribution in [2.45, 2.75) is 20.8 Å². The molecule has 2 N–H and O–H groups in total. The lowest BCUT2D eigenvalue weighted by atomic mass is 9.88. The Kier molecular flexibility index (Phi) is 3.53. The number of nitrogens with one attached hydrogen (secondary N) is 2. The predicted octanol–water partition coefficient (Wildman–Crippen LogP) is 3.24. The Hall–Kier alpha value is -2.49. The van der Waals surface area contributed by atoms with Gasteiger partial charge in [-0.25, -0.2) is 0 Å². The van der Waals surface area contributed by atoms with Gasteiger partial charge < -0.3 is 10.2 Å². The van der Waals surface area contributed by atoms with E-state index in [1.54, 1.807) is 0 Å². The van der Waals surface area contributed by atoms with Crippen LogP contribution in [0.3, 0.4) is 0 Å². The molecule has 1 amide bonds. The Labute approximate surface area is 130 Å². The van der Waals surface area contributed by atoms with Crippen molar-refractivity contribution in [3.63, 3.8) is 0 Å². The van der Waals surface area contributed by atoms with E-state index in [2.05, 4.69) is 23.0 Å². The second-order valence-electron chi connectivity index (χ2n) is 5.89. The zero-order valence-corrected chi connectivity index (χ0v) is 13.1. The van der Waals surface area contributed by atoms with Crippen LogP contribution >= 0.6 is 0 Å². The van der Waals surface area contributed by atoms with E-state index in [-0.39, 0.29) is 5.91 Å². The summed E-state index contributed by atoms with van der Waals surface area (Å²) in [5, 5.41) is 2.19. The molecule has 4 heteroatoms. The molecule has 0 atom stereocenters. The highest BCUT2D eigenvalue weighted by atomic mass is 16.5. The highest BCUT2D eigenvalue weighted by Crippen LogP contribution is 2.33. The van der Waals surface area contributed by atoms with E-state index in [0.29, 0.717) is 6.61 Å². The smallest absolute Gasteiger partial charge is 0.249 e. The molecular formula is C18H20N2O2. The number of carbonyl (C=O) groups excluding carboxylic acids is 1. The number of hydrogen-bond donors (Lipinski definition) is 2. The van der Waals surface area contributed by atoms with Crippen LogP contribution in [0.25, 0.3) is 16.8 Å². The molecule has 1 aliphatic heterocycles. The van der Waals surface area contributed by atoms with Gasteiger partial charge in [-0.05, 0) is 43.9 Å². The molecule has 0 radical (unpaired) electrons. The maximum atomic E-state index is 11.9. The quantitative estimate of drug-likeness (QED) is 0.914. The maximum absolute atomic E-state index is 11.9. The molecule has 0 aromatic heterocycles. The summed E-state index contributed by atoms with van der Waals surface area (Å²) in [6, 6.07) is 12.2. The van der Waals surface area contributed by atoms with Crippen LogP contribution in [0.5, 0.6) is 5.75 Å². The van der Waals surface area contributed by atoms with Gasteiger partial charge in [0.05, 0.1) is 12.0 Å². The lowest BCUT2D eigenvalue weighted by Gasteiger charge is -2.15. The van der Waals surface area contributed by atoms with Crippen LogP contribution in [0.15, 0.2) is 42.1 Å². The summed E-state index contributed by atoms with van der Waals surface area (Å²) in [6.45, 7) is 6.43. The molecule has 1 fully saturated rings. The summed E-state index contributed by atoms with van der Waals surface area (Å²) in [4.78, 5) is 11.9. The summed E-state index contributed by atoms with van der Waals surface area (Å²) >= 11 is 0. The Bertz CT molecular complexity index is 763. The molecule has 1 aliphatic rings. The largest absolute Gasteiger partial charge is 0.493 e. The number of rotatable bonds is 3. The van der Waals surface area contributed by atoms with Gasteiger partial charge in [0.2, 0.25) is 5.91 Å². The van der Waals surface area contributed by atoms with Gasteiger partial charge in [-0.15, -0.1) is 0 Å². The number of hydrazine groups is 1. The van der Waals surface area contributed by atoms with Crippen LogP contribution in [0, 0.1) is 5.41 Å². The lowest BCUT2D eigenvalue weighted by molar-refractivity contribution is -0.125. The van der Waals surface area contributed by atoms with Crippen LogP contribution in [0.4, 0.5) is 0 Å². The Morgan fingerprint density at radius 2 is 1.82 bits per heavy atom. The molecular weight excluding hydrogens is 276 g/mol. The van der Waals surface area contributed by atoms with Crippen molar-refractivity contribution in [2.24, 2.45) is 5.41 Å². The summed E-state index contributed by atoms with van der Waals surface area (Å²) in [5.74, 6) is 0.863. The van der Waals surface area contributed by atoms with Gasteiger partial charge in [0, 0.05) is 11.1 Å². The predicted molar refractivity (Wildman–Crippen MR) is 88.2 cm³/mol. The summed E-state index contributed by atoms with van der Waals surface area (Å²) in [6.07, 6.45) is 2.02. The molecule has 4 nitrogen and oxygen atoms in total. The van der Waals surface area contributed by atoms with E-state index >= 15 is 0 Å². The van der Waals surface area contributed by atoms with Gasteiger partial charge in [-0.1, -0.05) is 30.3 Å². The minimum absolute atomic E-state index is 0.0195. The van der Waals surface area contributed by atoms with Crippen molar-refractivity contribution in [1.29, 1.82) is 0 Å². The SMILES string of the molecule is CCOc1ccc(/C=C2\NNC(=O)C2(C)C)c2ccccc12. The molecule has 1 heterocycles. The van der Waals surface area contributed by atoms with E-state index in [9.17, 15) is 4.79 Å². The van der Waals surface area contributed by atoms with Crippen LogP contribution < -0.4 is 15.6 Å². The number of hydrogen-bond acceptors (Lipinski definition) is 3. The average molecular weight is 296 g/mol. The monoisotopic (exact) mass is 296 g/mol. The molecule has 2 aromatic carbocycles. The molecule has 114 valence electrons. The fourth-order valence-electron chi connectivity index (χ4n) is 2.63. The molecule has 0 saturated carbocycles. The van der Waals surface area contributed by atoms with Crippen LogP contribution in [0.2, 0.25) is 0 Å². The molecule has 0 aliphatic carbocycles. The molecule has 22 heavy (non-hydrogen) atoms. The van der Waals surface area contributed by atoms with Gasteiger partial charge in [0.25, 0.3) is 0 Å². The van der Waals surface area contributed by atoms with E-state index in [1.807, 2.05) is 51.1 Å². The standard InChI is InChI=1S/C18H20N2O2/c1-4-22-15-10-9-12(13-7-5-6-8-14(13)15)11-16-18(2,3)17(21)20-19-16/h5-11,19H,4H2,1-3H3,(H,20,21)/b16-11-. The minimum Gasteiger partial charge on any atom is -0.493 e. The lowest BCUT2D eigenvalue weighted by Crippen LogP contribution is -2.28. The number of amides is 1. The number of benzene rings is 2. The molecule has 0 unspecified atom stereocenters. The second-order valence-corrected chi connectivity index (χ2v) is 5.89. The first-order valence-corrected chi connectivity index (χ1v) is 7.47. The van der Waals surface area contributed by atoms with Crippen molar-refractivity contribution in [3.05, 3.63) is 47.7 Å². The summed E-state index contributed by atoms with van der Waals surface area (Å²) < 4.78 is 5.70. The molecule has 1 saturated heterocycles. The van der Waals surface area contributed by atoms with Crippen molar-refractivity contribution in [3.8, 4) is 5.75 Å². The third kappa shape index (κ3) is 2.30. The van der Waals surface area contributed by atoms with Crippen molar-refractivity contribution in [1.82, 2.24) is 10.9 Å². The van der Waals surface area contributed by atoms with Crippen LogP contribution in [-0.4, -0.2) is 12.5 Å². The summed E-state index contributed by atoms with van der Waals surface area (Å²) in [7, 11) is 0. The van der Waals surface area contributed by atoms with Crippen LogP contribution in [0.1, 0.15) is 26.3 Å². The van der Waals surface area contributed by atoms with E-state index < -0.39 is 5.41 Å². The molecule has 2 aromatic rings. The average Bonchev–Trinajstić information content (AvgIpc) is 2.76. The van der Waals surface area contributed by atoms with E-state index in [1.165, 1.54) is 0 Å². The Morgan fingerprint density at radius 3 is 2.45 bits per heavy atom. The fourth-order valence-corrected chi connectivity index (χ4v) is 2.63. The van der Waals surface area contributed by atoms with E-state index in [0.717, 1.165) is 27.8 Å². The Balaban J connectivity index is 2.13. The van der Waals surface area contributed by atoms with E-state index in [4.69, 9.17) is 4.74 Å². The van der Waals surface area contributed by atoms with Crippen molar-refractivity contribution >= 4 is 22.8 Å². The highest BCUT2D eigenvalue weighted by Gasteiger charge is 2.37. The van der Waals surface area contributed by atoms with Gasteiger partial charge in [-0.2, -0.15) is 0 Å². The first kappa shape index (κ1) is 14.4. The summed E-state index contributed by atoms with van der Waals surface area (Å²) in [5.41, 5.74) is 7.03. The Morgan fingerprint density at radius 1 is 1.09 bits per heavy atom. The van der Waals surface area contributed by atoms with Crippen LogP contribution in [-0.2, 0) is 4.79 Å². The third-order valence-corrected chi connectivity index (χ3v) is 4.07. The van der Waals surface area contributed by atoms with Gasteiger partial charge >= 0.3 is 0 Å². The van der Waals surface area contributed by atoms with Gasteiger partial charge in [0.1, 0.15) is 5.75 Å². The molecule has 0 spiro atoms. The topological polar surface area (TPSA) is 50.4 Å². The number of fused-ring (bicyclic) bond motifs is 1. The van der Waals surface area contributed by atoms with Gasteiger partial charge in [0.15, 0.2) is 0 Å². The molecule has 3 rings (SSSR count). The van der Waals surface area contributed by atoms with Crippen molar-refractivity contribution in [2.75, 3.05) is 6.61 Å². The van der Waals surface area contributed by atoms with Gasteiger partial charge in [-0.3, -0.25) is 10.2 Å². The zero-order valence-electron chi connectivity index (χ0n) is 13.1. The maximum Gasteiger partial charge on any atom is 0.249 e.